The maximum atomic E-state index is 2.53. The Morgan fingerprint density at radius 1 is 0.676 bits per heavy atom. The van der Waals surface area contributed by atoms with Crippen LogP contribution in [0.3, 0.4) is 0 Å². The molecule has 0 amide bonds. The number of rotatable bonds is 2. The molecule has 0 aromatic heterocycles. The van der Waals surface area contributed by atoms with Crippen LogP contribution in [0.5, 0.6) is 0 Å². The summed E-state index contributed by atoms with van der Waals surface area (Å²) >= 11 is -0.893. The molecule has 198 valence electrons. The largest absolute Gasteiger partial charge is 1.00 e. The Kier molecular flexibility index (Phi) is 7.93. The molecule has 6 rings (SSSR count). The smallest absolute Gasteiger partial charge is 1.00 e. The first kappa shape index (κ1) is 30.9. The van der Waals surface area contributed by atoms with Crippen molar-refractivity contribution >= 4 is 0 Å². The van der Waals surface area contributed by atoms with Gasteiger partial charge in [0.25, 0.3) is 0 Å². The van der Waals surface area contributed by atoms with Crippen LogP contribution in [-0.4, -0.2) is 0 Å². The molecule has 0 N–H and O–H groups in total. The summed E-state index contributed by atoms with van der Waals surface area (Å²) in [6.45, 7) is 28.8. The fourth-order valence-corrected chi connectivity index (χ4v) is 12.1. The van der Waals surface area contributed by atoms with Gasteiger partial charge in [-0.3, -0.25) is 0 Å². The van der Waals surface area contributed by atoms with Gasteiger partial charge in [-0.15, -0.1) is 0 Å². The van der Waals surface area contributed by atoms with E-state index in [0.29, 0.717) is 9.54 Å². The van der Waals surface area contributed by atoms with Crippen LogP contribution in [0.15, 0.2) is 56.4 Å². The molecule has 0 fully saturated rings. The maximum absolute atomic E-state index is 2.53. The van der Waals surface area contributed by atoms with E-state index in [9.17, 15) is 0 Å². The molecule has 2 aromatic carbocycles. The summed E-state index contributed by atoms with van der Waals surface area (Å²) < 4.78 is 2.50. The van der Waals surface area contributed by atoms with E-state index in [1.807, 2.05) is 3.28 Å². The first-order valence-corrected chi connectivity index (χ1v) is 16.1. The van der Waals surface area contributed by atoms with E-state index in [0.717, 1.165) is 0 Å². The normalized spacial score (nSPS) is 20.1. The van der Waals surface area contributed by atoms with E-state index in [1.54, 1.807) is 27.8 Å². The summed E-state index contributed by atoms with van der Waals surface area (Å²) in [6, 6.07) is 14.9. The van der Waals surface area contributed by atoms with Gasteiger partial charge in [0.2, 0.25) is 0 Å². The van der Waals surface area contributed by atoms with Gasteiger partial charge in [0.15, 0.2) is 0 Å². The van der Waals surface area contributed by atoms with Crippen LogP contribution in [0.4, 0.5) is 0 Å². The van der Waals surface area contributed by atoms with Crippen molar-refractivity contribution < 1.29 is 48.0 Å². The molecule has 3 heteroatoms. The van der Waals surface area contributed by atoms with Crippen LogP contribution in [-0.2, 0) is 34.1 Å². The molecule has 2 aromatic rings. The Morgan fingerprint density at radius 3 is 1.46 bits per heavy atom. The monoisotopic (exact) mass is 612 g/mol. The number of fused-ring (bicyclic) bond motifs is 4. The topological polar surface area (TPSA) is 0 Å². The molecule has 0 saturated carbocycles. The predicted octanol–water partition coefficient (Wildman–Crippen LogP) is 3.73. The van der Waals surface area contributed by atoms with Crippen molar-refractivity contribution in [3.05, 3.63) is 78.7 Å². The number of allylic oxidation sites excluding steroid dienone is 4. The zero-order valence-corrected chi connectivity index (χ0v) is 28.8. The first-order chi connectivity index (χ1) is 15.9. The molecule has 1 atom stereocenters. The van der Waals surface area contributed by atoms with Crippen LogP contribution in [0.25, 0.3) is 11.1 Å². The van der Waals surface area contributed by atoms with Crippen molar-refractivity contribution in [3.63, 3.8) is 0 Å². The molecule has 37 heavy (non-hydrogen) atoms. The average Bonchev–Trinajstić information content (AvgIpc) is 3.26. The number of hydrogen-bond acceptors (Lipinski definition) is 0. The molecule has 0 radical (unpaired) electrons. The summed E-state index contributed by atoms with van der Waals surface area (Å²) in [4.78, 5) is 0. The SMILES string of the molecule is CC1[C]([Zr+2][CH]2c3ccc(C(C)(C)C)cc3-c3cc(C(C)(C)C)ccc32)=C2C(C(C)(C)C)=C1C2(C)C.[Cl-].[Cl-]. The van der Waals surface area contributed by atoms with Gasteiger partial charge in [0.1, 0.15) is 0 Å². The van der Waals surface area contributed by atoms with Gasteiger partial charge in [-0.1, -0.05) is 0 Å². The molecule has 2 bridgehead atoms. The zero-order chi connectivity index (χ0) is 25.9. The fraction of sp³-hybridized carbons (Fsp3) is 0.529. The van der Waals surface area contributed by atoms with Gasteiger partial charge in [0, 0.05) is 0 Å². The third kappa shape index (κ3) is 4.72. The summed E-state index contributed by atoms with van der Waals surface area (Å²) in [5.74, 6) is 0.649. The Bertz CT molecular complexity index is 1240. The van der Waals surface area contributed by atoms with Crippen LogP contribution < -0.4 is 24.8 Å². The minimum atomic E-state index is -0.893. The van der Waals surface area contributed by atoms with Crippen LogP contribution in [0, 0.1) is 16.7 Å². The molecule has 0 saturated heterocycles. The number of halogens is 2. The zero-order valence-electron chi connectivity index (χ0n) is 24.9. The van der Waals surface area contributed by atoms with E-state index in [4.69, 9.17) is 0 Å². The Balaban J connectivity index is 0.00000190. The quantitative estimate of drug-likeness (QED) is 0.484. The van der Waals surface area contributed by atoms with Gasteiger partial charge in [-0.05, 0) is 0 Å². The number of benzene rings is 2. The van der Waals surface area contributed by atoms with Gasteiger partial charge in [-0.25, -0.2) is 0 Å². The van der Waals surface area contributed by atoms with Crippen molar-refractivity contribution in [2.75, 3.05) is 0 Å². The van der Waals surface area contributed by atoms with E-state index in [-0.39, 0.29) is 46.5 Å². The van der Waals surface area contributed by atoms with Gasteiger partial charge in [-0.2, -0.15) is 0 Å². The molecule has 0 nitrogen and oxygen atoms in total. The van der Waals surface area contributed by atoms with E-state index in [1.165, 1.54) is 22.3 Å². The molecule has 1 unspecified atom stereocenters. The standard InChI is InChI=1S/C21H25.C13H19.2ClH.Zr/c1-20(2,3)16-9-7-14-11-15-8-10-17(21(4,5)6)13-19(15)18(14)12-16;1-8-7-9-11(12(2,3)4)10(8)13(9,5)6;;;/h7-13H,1-6H3;8H,1-6H3;2*1H;/q;;;;+2/p-2. The molecule has 4 aliphatic carbocycles. The molecule has 0 aliphatic heterocycles. The maximum Gasteiger partial charge on any atom is -1.00 e. The van der Waals surface area contributed by atoms with Crippen LogP contribution >= 0.6 is 0 Å². The van der Waals surface area contributed by atoms with Crippen LogP contribution in [0.1, 0.15) is 109 Å². The fourth-order valence-electron chi connectivity index (χ4n) is 6.89. The van der Waals surface area contributed by atoms with Crippen molar-refractivity contribution in [3.8, 4) is 11.1 Å². The summed E-state index contributed by atoms with van der Waals surface area (Å²) in [5.41, 5.74) is 15.2. The Morgan fingerprint density at radius 2 is 1.11 bits per heavy atom. The summed E-state index contributed by atoms with van der Waals surface area (Å²) in [5, 5.41) is 0. The Hall–Kier alpha value is -0.617. The molecule has 0 spiro atoms. The van der Waals surface area contributed by atoms with Gasteiger partial charge >= 0.3 is 227 Å². The second-order valence-electron chi connectivity index (χ2n) is 14.9. The second kappa shape index (κ2) is 9.49. The van der Waals surface area contributed by atoms with E-state index < -0.39 is 23.2 Å². The molecule has 0 heterocycles. The predicted molar refractivity (Wildman–Crippen MR) is 148 cm³/mol. The van der Waals surface area contributed by atoms with E-state index in [2.05, 4.69) is 119 Å². The van der Waals surface area contributed by atoms with Crippen molar-refractivity contribution in [1.82, 2.24) is 0 Å². The van der Waals surface area contributed by atoms with Crippen molar-refractivity contribution in [1.29, 1.82) is 0 Å². The van der Waals surface area contributed by atoms with Crippen LogP contribution in [0.2, 0.25) is 0 Å². The minimum absolute atomic E-state index is 0. The minimum Gasteiger partial charge on any atom is -1.00 e. The summed E-state index contributed by atoms with van der Waals surface area (Å²) in [7, 11) is 0. The second-order valence-corrected chi connectivity index (χ2v) is 18.3. The molecule has 4 aliphatic rings. The Labute approximate surface area is 250 Å². The molecular formula is C34H44Cl2Zr. The van der Waals surface area contributed by atoms with Gasteiger partial charge in [0.05, 0.1) is 0 Å². The van der Waals surface area contributed by atoms with Crippen molar-refractivity contribution in [2.24, 2.45) is 16.7 Å². The average molecular weight is 615 g/mol. The van der Waals surface area contributed by atoms with Gasteiger partial charge < -0.3 is 24.8 Å². The summed E-state index contributed by atoms with van der Waals surface area (Å²) in [6.07, 6.45) is 0. The first-order valence-electron chi connectivity index (χ1n) is 13.5. The molecular weight excluding hydrogens is 571 g/mol. The van der Waals surface area contributed by atoms with Crippen molar-refractivity contribution in [2.45, 2.75) is 97.5 Å². The van der Waals surface area contributed by atoms with E-state index >= 15 is 0 Å². The number of hydrogen-bond donors (Lipinski definition) is 0. The third-order valence-electron chi connectivity index (χ3n) is 8.75. The third-order valence-corrected chi connectivity index (χ3v) is 13.4.